The van der Waals surface area contributed by atoms with Gasteiger partial charge in [-0.2, -0.15) is 5.10 Å². The zero-order valence-electron chi connectivity index (χ0n) is 6.24. The molecule has 1 amide bonds. The molecule has 0 fully saturated rings. The lowest BCUT2D eigenvalue weighted by Crippen LogP contribution is -2.15. The van der Waals surface area contributed by atoms with Crippen LogP contribution in [0.2, 0.25) is 0 Å². The van der Waals surface area contributed by atoms with Gasteiger partial charge in [0.2, 0.25) is 0 Å². The first kappa shape index (κ1) is 7.74. The van der Waals surface area contributed by atoms with Gasteiger partial charge in [0.1, 0.15) is 5.69 Å². The number of rotatable bonds is 2. The molecule has 0 atom stereocenters. The van der Waals surface area contributed by atoms with Crippen LogP contribution in [0.1, 0.15) is 16.2 Å². The Bertz CT molecular complexity index is 278. The minimum Gasteiger partial charge on any atom is -0.364 e. The molecule has 60 valence electrons. The topological polar surface area (TPSA) is 86.9 Å². The summed E-state index contributed by atoms with van der Waals surface area (Å²) in [5.41, 5.74) is 11.4. The molecule has 1 aromatic heterocycles. The van der Waals surface area contributed by atoms with Crippen LogP contribution in [-0.2, 0) is 13.6 Å². The first-order valence-electron chi connectivity index (χ1n) is 3.18. The second-order valence-electron chi connectivity index (χ2n) is 2.21. The largest absolute Gasteiger partial charge is 0.364 e. The first-order valence-corrected chi connectivity index (χ1v) is 3.18. The van der Waals surface area contributed by atoms with Crippen molar-refractivity contribution in [1.29, 1.82) is 0 Å². The van der Waals surface area contributed by atoms with Gasteiger partial charge in [-0.15, -0.1) is 0 Å². The van der Waals surface area contributed by atoms with Crippen molar-refractivity contribution >= 4 is 5.91 Å². The number of hydrogen-bond donors (Lipinski definition) is 2. The fraction of sp³-hybridized carbons (Fsp3) is 0.333. The molecule has 1 rings (SSSR count). The van der Waals surface area contributed by atoms with E-state index in [1.54, 1.807) is 13.1 Å². The van der Waals surface area contributed by atoms with E-state index in [2.05, 4.69) is 5.10 Å². The van der Waals surface area contributed by atoms with Gasteiger partial charge in [-0.3, -0.25) is 9.48 Å². The van der Waals surface area contributed by atoms with Crippen molar-refractivity contribution in [2.75, 3.05) is 0 Å². The number of nitrogens with zero attached hydrogens (tertiary/aromatic N) is 2. The normalized spacial score (nSPS) is 10.0. The fourth-order valence-electron chi connectivity index (χ4n) is 0.857. The number of carbonyl (C=O) groups excluding carboxylic acids is 1. The Balaban J connectivity index is 3.07. The summed E-state index contributed by atoms with van der Waals surface area (Å²) in [7, 11) is 1.65. The summed E-state index contributed by atoms with van der Waals surface area (Å²) in [4.78, 5) is 10.7. The summed E-state index contributed by atoms with van der Waals surface area (Å²) < 4.78 is 1.42. The lowest BCUT2D eigenvalue weighted by Gasteiger charge is -1.92. The molecule has 0 bridgehead atoms. The Morgan fingerprint density at radius 3 is 2.73 bits per heavy atom. The molecule has 0 spiro atoms. The van der Waals surface area contributed by atoms with Gasteiger partial charge < -0.3 is 11.5 Å². The van der Waals surface area contributed by atoms with E-state index in [0.29, 0.717) is 17.9 Å². The van der Waals surface area contributed by atoms with Crippen LogP contribution in [0, 0.1) is 0 Å². The van der Waals surface area contributed by atoms with Crippen LogP contribution >= 0.6 is 0 Å². The Hall–Kier alpha value is -1.36. The van der Waals surface area contributed by atoms with Crippen LogP contribution in [0.15, 0.2) is 6.07 Å². The molecular formula is C6H10N4O. The highest BCUT2D eigenvalue weighted by Crippen LogP contribution is 2.00. The summed E-state index contributed by atoms with van der Waals surface area (Å²) in [6, 6.07) is 1.59. The Morgan fingerprint density at radius 1 is 1.82 bits per heavy atom. The van der Waals surface area contributed by atoms with E-state index < -0.39 is 5.91 Å². The molecule has 1 heterocycles. The van der Waals surface area contributed by atoms with Gasteiger partial charge in [0, 0.05) is 13.6 Å². The van der Waals surface area contributed by atoms with Crippen LogP contribution in [0.3, 0.4) is 0 Å². The summed E-state index contributed by atoms with van der Waals surface area (Å²) >= 11 is 0. The van der Waals surface area contributed by atoms with Gasteiger partial charge in [0.15, 0.2) is 0 Å². The average Bonchev–Trinajstić information content (AvgIpc) is 2.30. The van der Waals surface area contributed by atoms with Crippen molar-refractivity contribution in [3.05, 3.63) is 17.5 Å². The summed E-state index contributed by atoms with van der Waals surface area (Å²) in [6.07, 6.45) is 0. The molecule has 0 aliphatic rings. The fourth-order valence-corrected chi connectivity index (χ4v) is 0.857. The molecule has 0 aromatic carbocycles. The highest BCUT2D eigenvalue weighted by atomic mass is 16.1. The molecule has 0 aliphatic heterocycles. The highest BCUT2D eigenvalue weighted by molar-refractivity contribution is 5.91. The molecular weight excluding hydrogens is 144 g/mol. The third-order valence-electron chi connectivity index (χ3n) is 1.39. The van der Waals surface area contributed by atoms with E-state index >= 15 is 0 Å². The predicted octanol–water partition coefficient (Wildman–Crippen LogP) is -1.02. The van der Waals surface area contributed by atoms with Gasteiger partial charge in [-0.25, -0.2) is 0 Å². The number of amides is 1. The van der Waals surface area contributed by atoms with Crippen LogP contribution in [0.25, 0.3) is 0 Å². The van der Waals surface area contributed by atoms with Gasteiger partial charge in [0.25, 0.3) is 5.91 Å². The standard InChI is InChI=1S/C6H10N4O/c1-10-5(6(8)11)2-4(3-7)9-10/h2H,3,7H2,1H3,(H2,8,11). The average molecular weight is 154 g/mol. The second kappa shape index (κ2) is 2.71. The number of hydrogen-bond acceptors (Lipinski definition) is 3. The number of nitrogens with two attached hydrogens (primary N) is 2. The molecule has 0 unspecified atom stereocenters. The van der Waals surface area contributed by atoms with Crippen molar-refractivity contribution in [2.24, 2.45) is 18.5 Å². The monoisotopic (exact) mass is 154 g/mol. The lowest BCUT2D eigenvalue weighted by molar-refractivity contribution is 0.0991. The molecule has 0 saturated heterocycles. The smallest absolute Gasteiger partial charge is 0.266 e. The van der Waals surface area contributed by atoms with Crippen LogP contribution in [0.4, 0.5) is 0 Å². The minimum absolute atomic E-state index is 0.321. The number of primary amides is 1. The van der Waals surface area contributed by atoms with E-state index in [4.69, 9.17) is 11.5 Å². The molecule has 1 aromatic rings. The maximum absolute atomic E-state index is 10.7. The Kier molecular flexibility index (Phi) is 1.91. The zero-order valence-corrected chi connectivity index (χ0v) is 6.24. The van der Waals surface area contributed by atoms with E-state index in [0.717, 1.165) is 0 Å². The molecule has 0 saturated carbocycles. The van der Waals surface area contributed by atoms with E-state index in [1.807, 2.05) is 0 Å². The van der Waals surface area contributed by atoms with Gasteiger partial charge >= 0.3 is 0 Å². The van der Waals surface area contributed by atoms with E-state index in [1.165, 1.54) is 4.68 Å². The number of aromatic nitrogens is 2. The second-order valence-corrected chi connectivity index (χ2v) is 2.21. The summed E-state index contributed by atoms with van der Waals surface area (Å²) in [6.45, 7) is 0.321. The number of carbonyl (C=O) groups is 1. The van der Waals surface area contributed by atoms with E-state index in [-0.39, 0.29) is 0 Å². The van der Waals surface area contributed by atoms with Crippen LogP contribution in [0.5, 0.6) is 0 Å². The third-order valence-corrected chi connectivity index (χ3v) is 1.39. The Labute approximate surface area is 64.0 Å². The molecule has 0 radical (unpaired) electrons. The summed E-state index contributed by atoms with van der Waals surface area (Å²) in [5, 5.41) is 3.94. The maximum Gasteiger partial charge on any atom is 0.266 e. The highest BCUT2D eigenvalue weighted by Gasteiger charge is 2.07. The predicted molar refractivity (Wildman–Crippen MR) is 39.6 cm³/mol. The van der Waals surface area contributed by atoms with Crippen molar-refractivity contribution in [1.82, 2.24) is 9.78 Å². The van der Waals surface area contributed by atoms with Gasteiger partial charge in [0.05, 0.1) is 5.69 Å². The minimum atomic E-state index is -0.486. The Morgan fingerprint density at radius 2 is 2.45 bits per heavy atom. The van der Waals surface area contributed by atoms with Gasteiger partial charge in [-0.05, 0) is 6.07 Å². The molecule has 5 nitrogen and oxygen atoms in total. The molecule has 0 aliphatic carbocycles. The molecule has 4 N–H and O–H groups in total. The number of aryl methyl sites for hydroxylation is 1. The van der Waals surface area contributed by atoms with Crippen LogP contribution in [-0.4, -0.2) is 15.7 Å². The quantitative estimate of drug-likeness (QED) is 0.571. The van der Waals surface area contributed by atoms with Crippen molar-refractivity contribution in [3.8, 4) is 0 Å². The van der Waals surface area contributed by atoms with Crippen LogP contribution < -0.4 is 11.5 Å². The van der Waals surface area contributed by atoms with Crippen molar-refractivity contribution in [3.63, 3.8) is 0 Å². The SMILES string of the molecule is Cn1nc(CN)cc1C(N)=O. The first-order chi connectivity index (χ1) is 5.15. The van der Waals surface area contributed by atoms with Gasteiger partial charge in [-0.1, -0.05) is 0 Å². The van der Waals surface area contributed by atoms with Crippen molar-refractivity contribution < 1.29 is 4.79 Å². The van der Waals surface area contributed by atoms with E-state index in [9.17, 15) is 4.79 Å². The van der Waals surface area contributed by atoms with Crippen molar-refractivity contribution in [2.45, 2.75) is 6.54 Å². The lowest BCUT2D eigenvalue weighted by atomic mass is 10.3. The third kappa shape index (κ3) is 1.38. The molecule has 11 heavy (non-hydrogen) atoms. The summed E-state index contributed by atoms with van der Waals surface area (Å²) in [5.74, 6) is -0.486. The maximum atomic E-state index is 10.7. The molecule has 5 heteroatoms. The zero-order chi connectivity index (χ0) is 8.43.